The molecule has 7 nitrogen and oxygen atoms in total. The van der Waals surface area contributed by atoms with Crippen molar-refractivity contribution in [3.63, 3.8) is 0 Å². The van der Waals surface area contributed by atoms with Crippen LogP contribution in [0.15, 0.2) is 42.5 Å². The van der Waals surface area contributed by atoms with Crippen LogP contribution in [-0.2, 0) is 20.4 Å². The second-order valence-corrected chi connectivity index (χ2v) is 7.78. The van der Waals surface area contributed by atoms with Crippen molar-refractivity contribution in [3.05, 3.63) is 53.8 Å². The van der Waals surface area contributed by atoms with Crippen molar-refractivity contribution >= 4 is 21.6 Å². The van der Waals surface area contributed by atoms with Crippen LogP contribution in [0.3, 0.4) is 0 Å². The molecule has 0 spiro atoms. The molecule has 1 unspecified atom stereocenters. The predicted molar refractivity (Wildman–Crippen MR) is 99.9 cm³/mol. The van der Waals surface area contributed by atoms with Crippen molar-refractivity contribution < 1.29 is 27.1 Å². The highest BCUT2D eigenvalue weighted by Gasteiger charge is 2.38. The van der Waals surface area contributed by atoms with Crippen LogP contribution in [-0.4, -0.2) is 34.8 Å². The van der Waals surface area contributed by atoms with Crippen LogP contribution in [0, 0.1) is 5.82 Å². The highest BCUT2D eigenvalue weighted by atomic mass is 32.2. The molecule has 2 aromatic rings. The molecule has 0 aliphatic rings. The Labute approximate surface area is 157 Å². The van der Waals surface area contributed by atoms with Gasteiger partial charge in [0.05, 0.1) is 20.5 Å². The lowest BCUT2D eigenvalue weighted by molar-refractivity contribution is -0.121. The summed E-state index contributed by atoms with van der Waals surface area (Å²) in [5.41, 5.74) is -0.998. The first-order valence-corrected chi connectivity index (χ1v) is 9.76. The van der Waals surface area contributed by atoms with Crippen molar-refractivity contribution in [2.24, 2.45) is 0 Å². The fourth-order valence-electron chi connectivity index (χ4n) is 2.56. The van der Waals surface area contributed by atoms with Gasteiger partial charge in [-0.1, -0.05) is 12.1 Å². The smallest absolute Gasteiger partial charge is 0.249 e. The van der Waals surface area contributed by atoms with E-state index in [0.717, 1.165) is 18.4 Å². The Morgan fingerprint density at radius 3 is 2.15 bits per heavy atom. The Bertz CT molecular complexity index is 931. The first kappa shape index (κ1) is 20.7. The quantitative estimate of drug-likeness (QED) is 0.749. The lowest BCUT2D eigenvalue weighted by Gasteiger charge is -2.29. The summed E-state index contributed by atoms with van der Waals surface area (Å²) in [7, 11) is -0.811. The molecule has 0 fully saturated rings. The van der Waals surface area contributed by atoms with Gasteiger partial charge in [0.1, 0.15) is 11.4 Å². The minimum absolute atomic E-state index is 0.285. The summed E-state index contributed by atoms with van der Waals surface area (Å²) in [5.74, 6) is -0.270. The number of ether oxygens (including phenoxy) is 2. The lowest BCUT2D eigenvalue weighted by atomic mass is 9.92. The number of amides is 1. The summed E-state index contributed by atoms with van der Waals surface area (Å²) >= 11 is 0. The standard InChI is InChI=1S/C18H21FN2O5S/c1-18(21-27(4,23)24,12-5-7-13(19)8-6-12)17(22)20-14-9-10-15(25-2)16(11-14)26-3/h5-11,21H,1-4H3,(H,20,22). The van der Waals surface area contributed by atoms with Gasteiger partial charge in [-0.05, 0) is 36.8 Å². The fraction of sp³-hybridized carbons (Fsp3) is 0.278. The molecule has 0 saturated heterocycles. The van der Waals surface area contributed by atoms with Crippen molar-refractivity contribution in [2.75, 3.05) is 25.8 Å². The van der Waals surface area contributed by atoms with E-state index in [-0.39, 0.29) is 5.56 Å². The summed E-state index contributed by atoms with van der Waals surface area (Å²) in [5, 5.41) is 2.65. The topological polar surface area (TPSA) is 93.7 Å². The third-order valence-electron chi connectivity index (χ3n) is 3.91. The summed E-state index contributed by atoms with van der Waals surface area (Å²) < 4.78 is 49.6. The van der Waals surface area contributed by atoms with Gasteiger partial charge in [0.2, 0.25) is 15.9 Å². The maximum atomic E-state index is 13.3. The number of hydrogen-bond acceptors (Lipinski definition) is 5. The van der Waals surface area contributed by atoms with Crippen molar-refractivity contribution in [2.45, 2.75) is 12.5 Å². The van der Waals surface area contributed by atoms with Crippen LogP contribution >= 0.6 is 0 Å². The first-order chi connectivity index (χ1) is 12.6. The second-order valence-electron chi connectivity index (χ2n) is 6.03. The zero-order valence-corrected chi connectivity index (χ0v) is 16.2. The number of carbonyl (C=O) groups is 1. The third kappa shape index (κ3) is 4.95. The average Bonchev–Trinajstić information content (AvgIpc) is 2.60. The van der Waals surface area contributed by atoms with E-state index >= 15 is 0 Å². The Kier molecular flexibility index (Phi) is 6.07. The van der Waals surface area contributed by atoms with E-state index in [4.69, 9.17) is 9.47 Å². The molecule has 1 atom stereocenters. The van der Waals surface area contributed by atoms with Crippen molar-refractivity contribution in [3.8, 4) is 11.5 Å². The maximum Gasteiger partial charge on any atom is 0.249 e. The van der Waals surface area contributed by atoms with Gasteiger partial charge >= 0.3 is 0 Å². The van der Waals surface area contributed by atoms with Gasteiger partial charge in [0.15, 0.2) is 11.5 Å². The molecule has 9 heteroatoms. The van der Waals surface area contributed by atoms with Crippen molar-refractivity contribution in [1.29, 1.82) is 0 Å². The lowest BCUT2D eigenvalue weighted by Crippen LogP contribution is -2.51. The van der Waals surface area contributed by atoms with E-state index in [1.807, 2.05) is 0 Å². The minimum Gasteiger partial charge on any atom is -0.493 e. The van der Waals surface area contributed by atoms with Gasteiger partial charge in [0.25, 0.3) is 0 Å². The molecule has 0 aliphatic heterocycles. The highest BCUT2D eigenvalue weighted by molar-refractivity contribution is 7.88. The average molecular weight is 396 g/mol. The number of hydrogen-bond donors (Lipinski definition) is 2. The molecule has 0 radical (unpaired) electrons. The summed E-state index contributed by atoms with van der Waals surface area (Å²) in [4.78, 5) is 12.9. The highest BCUT2D eigenvalue weighted by Crippen LogP contribution is 2.31. The van der Waals surface area contributed by atoms with Crippen LogP contribution in [0.1, 0.15) is 12.5 Å². The zero-order valence-electron chi connectivity index (χ0n) is 15.4. The number of methoxy groups -OCH3 is 2. The molecule has 0 bridgehead atoms. The van der Waals surface area contributed by atoms with E-state index in [1.54, 1.807) is 18.2 Å². The van der Waals surface area contributed by atoms with Gasteiger partial charge in [-0.25, -0.2) is 12.8 Å². The van der Waals surface area contributed by atoms with Crippen LogP contribution in [0.2, 0.25) is 0 Å². The zero-order chi connectivity index (χ0) is 20.2. The van der Waals surface area contributed by atoms with Gasteiger partial charge < -0.3 is 14.8 Å². The number of carbonyl (C=O) groups excluding carboxylic acids is 1. The third-order valence-corrected chi connectivity index (χ3v) is 4.69. The summed E-state index contributed by atoms with van der Waals surface area (Å²) in [6.45, 7) is 1.40. The van der Waals surface area contributed by atoms with Crippen LogP contribution in [0.5, 0.6) is 11.5 Å². The van der Waals surface area contributed by atoms with E-state index in [0.29, 0.717) is 17.2 Å². The second kappa shape index (κ2) is 7.93. The predicted octanol–water partition coefficient (Wildman–Crippen LogP) is 2.25. The number of sulfonamides is 1. The molecule has 27 heavy (non-hydrogen) atoms. The Morgan fingerprint density at radius 2 is 1.63 bits per heavy atom. The van der Waals surface area contributed by atoms with Gasteiger partial charge in [-0.2, -0.15) is 4.72 Å². The normalized spacial score (nSPS) is 13.5. The van der Waals surface area contributed by atoms with Gasteiger partial charge in [0, 0.05) is 11.8 Å². The SMILES string of the molecule is COc1ccc(NC(=O)C(C)(NS(C)(=O)=O)c2ccc(F)cc2)cc1OC. The number of halogens is 1. The molecule has 1 amide bonds. The summed E-state index contributed by atoms with van der Waals surface area (Å²) in [6.07, 6.45) is 0.943. The van der Waals surface area contributed by atoms with E-state index in [9.17, 15) is 17.6 Å². The van der Waals surface area contributed by atoms with E-state index in [1.165, 1.54) is 33.3 Å². The molecule has 2 N–H and O–H groups in total. The monoisotopic (exact) mass is 396 g/mol. The minimum atomic E-state index is -3.75. The molecule has 0 aliphatic carbocycles. The number of rotatable bonds is 7. The van der Waals surface area contributed by atoms with Gasteiger partial charge in [-0.15, -0.1) is 0 Å². The van der Waals surface area contributed by atoms with E-state index in [2.05, 4.69) is 10.0 Å². The van der Waals surface area contributed by atoms with Crippen LogP contribution < -0.4 is 19.5 Å². The van der Waals surface area contributed by atoms with Crippen LogP contribution in [0.25, 0.3) is 0 Å². The number of nitrogens with one attached hydrogen (secondary N) is 2. The fourth-order valence-corrected chi connectivity index (χ4v) is 3.51. The Morgan fingerprint density at radius 1 is 1.04 bits per heavy atom. The first-order valence-electron chi connectivity index (χ1n) is 7.87. The molecule has 0 aromatic heterocycles. The Balaban J connectivity index is 2.41. The van der Waals surface area contributed by atoms with E-state index < -0.39 is 27.3 Å². The maximum absolute atomic E-state index is 13.3. The molecule has 0 heterocycles. The summed E-state index contributed by atoms with van der Waals surface area (Å²) in [6, 6.07) is 9.74. The molecule has 2 rings (SSSR count). The molecular weight excluding hydrogens is 375 g/mol. The Hall–Kier alpha value is -2.65. The largest absolute Gasteiger partial charge is 0.493 e. The van der Waals surface area contributed by atoms with Gasteiger partial charge in [-0.3, -0.25) is 4.79 Å². The van der Waals surface area contributed by atoms with Crippen molar-refractivity contribution in [1.82, 2.24) is 4.72 Å². The van der Waals surface area contributed by atoms with Crippen LogP contribution in [0.4, 0.5) is 10.1 Å². The molecule has 0 saturated carbocycles. The number of benzene rings is 2. The molecule has 146 valence electrons. The number of anilines is 1. The molecular formula is C18H21FN2O5S. The molecule has 2 aromatic carbocycles.